The molecule has 1 aromatic carbocycles. The van der Waals surface area contributed by atoms with Gasteiger partial charge in [-0.1, -0.05) is 23.9 Å². The first-order chi connectivity index (χ1) is 8.22. The average molecular weight is 249 g/mol. The number of carbonyl (C=O) groups is 1. The Balaban J connectivity index is 2.24. The number of hydrogen-bond acceptors (Lipinski definition) is 4. The minimum atomic E-state index is -1.02. The Labute approximate surface area is 104 Å². The van der Waals surface area contributed by atoms with E-state index in [1.165, 1.54) is 11.8 Å². The number of para-hydroxylation sites is 2. The molecule has 0 spiro atoms. The van der Waals surface area contributed by atoms with Crippen molar-refractivity contribution in [3.63, 3.8) is 0 Å². The van der Waals surface area contributed by atoms with Crippen LogP contribution in [0.5, 0.6) is 0 Å². The zero-order valence-electron chi connectivity index (χ0n) is 9.55. The Hall–Kier alpha value is -1.49. The van der Waals surface area contributed by atoms with E-state index in [0.29, 0.717) is 5.75 Å². The molecule has 0 aliphatic heterocycles. The van der Waals surface area contributed by atoms with Crippen molar-refractivity contribution in [1.82, 2.24) is 9.55 Å². The molecule has 0 N–H and O–H groups in total. The highest BCUT2D eigenvalue weighted by atomic mass is 32.2. The van der Waals surface area contributed by atoms with E-state index in [1.807, 2.05) is 24.3 Å². The molecule has 0 aliphatic carbocycles. The van der Waals surface area contributed by atoms with E-state index in [4.69, 9.17) is 0 Å². The van der Waals surface area contributed by atoms with Gasteiger partial charge in [-0.3, -0.25) is 0 Å². The van der Waals surface area contributed by atoms with Gasteiger partial charge in [-0.05, 0) is 25.5 Å². The van der Waals surface area contributed by atoms with Crippen molar-refractivity contribution in [2.24, 2.45) is 0 Å². The van der Waals surface area contributed by atoms with E-state index in [2.05, 4.69) is 16.5 Å². The molecular formula is C12H13N2O2S-. The summed E-state index contributed by atoms with van der Waals surface area (Å²) in [6.45, 7) is 2.88. The number of imidazole rings is 1. The average Bonchev–Trinajstić information content (AvgIpc) is 2.66. The van der Waals surface area contributed by atoms with Crippen LogP contribution in [0.1, 0.15) is 13.3 Å². The van der Waals surface area contributed by atoms with Crippen molar-refractivity contribution in [3.05, 3.63) is 24.3 Å². The second kappa shape index (κ2) is 5.23. The number of hydrogen-bond donors (Lipinski definition) is 0. The van der Waals surface area contributed by atoms with Crippen molar-refractivity contribution in [2.75, 3.05) is 5.75 Å². The zero-order valence-corrected chi connectivity index (χ0v) is 10.4. The lowest BCUT2D eigenvalue weighted by Gasteiger charge is -2.05. The smallest absolute Gasteiger partial charge is 0.169 e. The Bertz CT molecular complexity index is 536. The third kappa shape index (κ3) is 2.61. The lowest BCUT2D eigenvalue weighted by atomic mass is 10.3. The summed E-state index contributed by atoms with van der Waals surface area (Å²) in [5.41, 5.74) is 2.04. The fourth-order valence-corrected chi connectivity index (χ4v) is 2.69. The quantitative estimate of drug-likeness (QED) is 0.749. The molecule has 0 amide bonds. The maximum atomic E-state index is 10.4. The van der Waals surface area contributed by atoms with Gasteiger partial charge in [0.1, 0.15) is 0 Å². The molecule has 0 bridgehead atoms. The molecule has 0 aliphatic rings. The molecule has 0 saturated carbocycles. The van der Waals surface area contributed by atoms with Crippen molar-refractivity contribution in [1.29, 1.82) is 0 Å². The molecule has 0 saturated heterocycles. The second-order valence-corrected chi connectivity index (χ2v) is 4.66. The molecular weight excluding hydrogens is 236 g/mol. The summed E-state index contributed by atoms with van der Waals surface area (Å²) in [6, 6.07) is 7.91. The van der Waals surface area contributed by atoms with E-state index in [1.54, 1.807) is 0 Å². The lowest BCUT2D eigenvalue weighted by Crippen LogP contribution is -2.22. The number of aryl methyl sites for hydroxylation is 1. The molecule has 0 radical (unpaired) electrons. The summed E-state index contributed by atoms with van der Waals surface area (Å²) < 4.78 is 2.09. The number of rotatable bonds is 5. The number of carboxylic acid groups (broad SMARTS) is 1. The van der Waals surface area contributed by atoms with Gasteiger partial charge in [-0.2, -0.15) is 0 Å². The number of benzene rings is 1. The van der Waals surface area contributed by atoms with Gasteiger partial charge in [0.25, 0.3) is 0 Å². The fourth-order valence-electron chi connectivity index (χ4n) is 1.69. The van der Waals surface area contributed by atoms with Gasteiger partial charge < -0.3 is 14.5 Å². The summed E-state index contributed by atoms with van der Waals surface area (Å²) in [5, 5.41) is 11.2. The van der Waals surface area contributed by atoms with Crippen LogP contribution in [0.4, 0.5) is 0 Å². The molecule has 17 heavy (non-hydrogen) atoms. The van der Waals surface area contributed by atoms with Gasteiger partial charge >= 0.3 is 0 Å². The molecule has 2 rings (SSSR count). The molecule has 0 unspecified atom stereocenters. The zero-order chi connectivity index (χ0) is 12.3. The van der Waals surface area contributed by atoms with Crippen LogP contribution in [-0.4, -0.2) is 21.3 Å². The molecule has 1 aromatic heterocycles. The van der Waals surface area contributed by atoms with E-state index in [-0.39, 0.29) is 6.42 Å². The Morgan fingerprint density at radius 3 is 2.94 bits per heavy atom. The van der Waals surface area contributed by atoms with Gasteiger partial charge in [0, 0.05) is 18.3 Å². The minimum absolute atomic E-state index is 0.0532. The van der Waals surface area contributed by atoms with Gasteiger partial charge in [0.15, 0.2) is 5.16 Å². The number of carbonyl (C=O) groups excluding carboxylic acids is 1. The topological polar surface area (TPSA) is 58.0 Å². The Morgan fingerprint density at radius 2 is 2.24 bits per heavy atom. The number of aromatic nitrogens is 2. The lowest BCUT2D eigenvalue weighted by molar-refractivity contribution is -0.305. The first kappa shape index (κ1) is 12.0. The molecule has 0 atom stereocenters. The van der Waals surface area contributed by atoms with Crippen molar-refractivity contribution in [2.45, 2.75) is 25.0 Å². The number of carboxylic acids is 1. The minimum Gasteiger partial charge on any atom is -0.550 e. The predicted molar refractivity (Wildman–Crippen MR) is 65.8 cm³/mol. The van der Waals surface area contributed by atoms with Crippen LogP contribution in [0.25, 0.3) is 11.0 Å². The number of fused-ring (bicyclic) bond motifs is 1. The summed E-state index contributed by atoms with van der Waals surface area (Å²) in [4.78, 5) is 14.9. The fraction of sp³-hybridized carbons (Fsp3) is 0.333. The molecule has 0 fully saturated rings. The number of nitrogens with zero attached hydrogens (tertiary/aromatic N) is 2. The van der Waals surface area contributed by atoms with Crippen LogP contribution >= 0.6 is 11.8 Å². The third-order valence-electron chi connectivity index (χ3n) is 2.47. The molecule has 1 heterocycles. The maximum absolute atomic E-state index is 10.4. The largest absolute Gasteiger partial charge is 0.550 e. The number of aliphatic carboxylic acids is 1. The molecule has 2 aromatic rings. The summed E-state index contributed by atoms with van der Waals surface area (Å²) in [6.07, 6.45) is 0.0532. The Morgan fingerprint density at radius 1 is 1.47 bits per heavy atom. The van der Waals surface area contributed by atoms with E-state index in [0.717, 1.165) is 22.7 Å². The Kier molecular flexibility index (Phi) is 3.68. The SMILES string of the molecule is CCn1c(SCCC(=O)[O-])nc2ccccc21. The first-order valence-corrected chi connectivity index (χ1v) is 6.49. The van der Waals surface area contributed by atoms with Gasteiger partial charge in [-0.15, -0.1) is 0 Å². The van der Waals surface area contributed by atoms with Crippen LogP contribution in [-0.2, 0) is 11.3 Å². The summed E-state index contributed by atoms with van der Waals surface area (Å²) in [5.74, 6) is -0.525. The normalized spacial score (nSPS) is 10.9. The second-order valence-electron chi connectivity index (χ2n) is 3.60. The van der Waals surface area contributed by atoms with Gasteiger partial charge in [-0.25, -0.2) is 4.98 Å². The standard InChI is InChI=1S/C12H14N2O2S/c1-2-14-10-6-4-3-5-9(10)13-12(14)17-8-7-11(15)16/h3-6H,2,7-8H2,1H3,(H,15,16)/p-1. The van der Waals surface area contributed by atoms with E-state index < -0.39 is 5.97 Å². The molecule has 90 valence electrons. The highest BCUT2D eigenvalue weighted by Gasteiger charge is 2.08. The van der Waals surface area contributed by atoms with Crippen LogP contribution in [0.3, 0.4) is 0 Å². The number of thioether (sulfide) groups is 1. The van der Waals surface area contributed by atoms with Crippen molar-refractivity contribution in [3.8, 4) is 0 Å². The van der Waals surface area contributed by atoms with Crippen LogP contribution in [0.2, 0.25) is 0 Å². The molecule has 4 nitrogen and oxygen atoms in total. The van der Waals surface area contributed by atoms with Crippen molar-refractivity contribution < 1.29 is 9.90 Å². The van der Waals surface area contributed by atoms with E-state index in [9.17, 15) is 9.90 Å². The third-order valence-corrected chi connectivity index (χ3v) is 3.45. The maximum Gasteiger partial charge on any atom is 0.169 e. The predicted octanol–water partition coefficient (Wildman–Crippen LogP) is 1.29. The summed E-state index contributed by atoms with van der Waals surface area (Å²) in [7, 11) is 0. The monoisotopic (exact) mass is 249 g/mol. The van der Waals surface area contributed by atoms with E-state index >= 15 is 0 Å². The highest BCUT2D eigenvalue weighted by molar-refractivity contribution is 7.99. The van der Waals surface area contributed by atoms with Crippen LogP contribution in [0.15, 0.2) is 29.4 Å². The van der Waals surface area contributed by atoms with Crippen LogP contribution < -0.4 is 5.11 Å². The van der Waals surface area contributed by atoms with Crippen molar-refractivity contribution >= 4 is 28.8 Å². The van der Waals surface area contributed by atoms with Gasteiger partial charge in [0.05, 0.1) is 11.0 Å². The van der Waals surface area contributed by atoms with Gasteiger partial charge in [0.2, 0.25) is 0 Å². The highest BCUT2D eigenvalue weighted by Crippen LogP contribution is 2.24. The summed E-state index contributed by atoms with van der Waals surface area (Å²) >= 11 is 1.46. The first-order valence-electron chi connectivity index (χ1n) is 5.50. The molecule has 5 heteroatoms. The van der Waals surface area contributed by atoms with Crippen LogP contribution in [0, 0.1) is 0 Å².